The van der Waals surface area contributed by atoms with Crippen LogP contribution in [-0.2, 0) is 11.8 Å². The van der Waals surface area contributed by atoms with Crippen molar-refractivity contribution in [1.82, 2.24) is 9.55 Å². The number of hydrogen-bond acceptors (Lipinski definition) is 5. The van der Waals surface area contributed by atoms with Gasteiger partial charge in [0.2, 0.25) is 0 Å². The number of hydrogen-bond donors (Lipinski definition) is 1. The fourth-order valence-electron chi connectivity index (χ4n) is 3.25. The van der Waals surface area contributed by atoms with Crippen molar-refractivity contribution in [2.45, 2.75) is 53.5 Å². The maximum Gasteiger partial charge on any atom is 0.341 e. The van der Waals surface area contributed by atoms with Gasteiger partial charge in [-0.1, -0.05) is 50.0 Å². The van der Waals surface area contributed by atoms with Crippen molar-refractivity contribution in [1.29, 1.82) is 0 Å². The number of aromatic nitrogens is 2. The lowest BCUT2D eigenvalue weighted by molar-refractivity contribution is 0.0501. The number of nitrogens with zero attached hydrogens (tertiary/aromatic N) is 2. The molecule has 3 rings (SSSR count). The molecule has 0 amide bonds. The summed E-state index contributed by atoms with van der Waals surface area (Å²) in [5, 5.41) is 5.49. The van der Waals surface area contributed by atoms with E-state index in [4.69, 9.17) is 9.72 Å². The number of pyridine rings is 2. The third-order valence-electron chi connectivity index (χ3n) is 5.68. The Morgan fingerprint density at radius 3 is 2.65 bits per heavy atom. The second kappa shape index (κ2) is 8.99. The molecule has 0 aliphatic heterocycles. The standard InChI is InChI=1S/C24H30BrN3O3/c1-7-8-11-31-23(30)18-13-28(6)22(29)19-17-12-15(25)9-10-16(17)21(27-20(18)19)26-14(2)24(3,4)5/h9-10,12-14H,7-8,11H2,1-6H3,(H,26,27). The summed E-state index contributed by atoms with van der Waals surface area (Å²) < 4.78 is 7.73. The van der Waals surface area contributed by atoms with Gasteiger partial charge in [-0.05, 0) is 37.0 Å². The SMILES string of the molecule is CCCCOC(=O)c1cn(C)c(=O)c2c1nc(NC(C)C(C)(C)C)c1ccc(Br)cc12. The highest BCUT2D eigenvalue weighted by atomic mass is 79.9. The molecule has 6 nitrogen and oxygen atoms in total. The molecule has 0 saturated carbocycles. The molecule has 31 heavy (non-hydrogen) atoms. The molecule has 1 N–H and O–H groups in total. The summed E-state index contributed by atoms with van der Waals surface area (Å²) in [6.07, 6.45) is 3.23. The third kappa shape index (κ3) is 4.76. The highest BCUT2D eigenvalue weighted by molar-refractivity contribution is 9.10. The van der Waals surface area contributed by atoms with Crippen LogP contribution in [0.5, 0.6) is 0 Å². The fraction of sp³-hybridized carbons (Fsp3) is 0.458. The van der Waals surface area contributed by atoms with Crippen LogP contribution >= 0.6 is 15.9 Å². The quantitative estimate of drug-likeness (QED) is 0.276. The van der Waals surface area contributed by atoms with Crippen molar-refractivity contribution in [2.75, 3.05) is 11.9 Å². The van der Waals surface area contributed by atoms with Crippen molar-refractivity contribution in [3.05, 3.63) is 44.8 Å². The summed E-state index contributed by atoms with van der Waals surface area (Å²) in [5.74, 6) is 0.180. The summed E-state index contributed by atoms with van der Waals surface area (Å²) in [5.41, 5.74) is 0.444. The Hall–Kier alpha value is -2.41. The molecule has 0 aliphatic carbocycles. The first-order chi connectivity index (χ1) is 14.5. The van der Waals surface area contributed by atoms with Gasteiger partial charge in [-0.15, -0.1) is 0 Å². The lowest BCUT2D eigenvalue weighted by Gasteiger charge is -2.29. The van der Waals surface area contributed by atoms with Crippen LogP contribution in [0.2, 0.25) is 0 Å². The normalized spacial score (nSPS) is 12.9. The number of aryl methyl sites for hydroxylation is 1. The first kappa shape index (κ1) is 23.3. The zero-order chi connectivity index (χ0) is 22.9. The first-order valence-electron chi connectivity index (χ1n) is 10.6. The zero-order valence-electron chi connectivity index (χ0n) is 19.0. The predicted molar refractivity (Wildman–Crippen MR) is 130 cm³/mol. The number of nitrogens with one attached hydrogen (secondary N) is 1. The van der Waals surface area contributed by atoms with E-state index >= 15 is 0 Å². The van der Waals surface area contributed by atoms with E-state index in [9.17, 15) is 9.59 Å². The van der Waals surface area contributed by atoms with Gasteiger partial charge in [0, 0.05) is 34.5 Å². The maximum atomic E-state index is 13.1. The van der Waals surface area contributed by atoms with Crippen molar-refractivity contribution < 1.29 is 9.53 Å². The Balaban J connectivity index is 2.32. The Labute approximate surface area is 191 Å². The van der Waals surface area contributed by atoms with E-state index in [0.717, 1.165) is 28.1 Å². The third-order valence-corrected chi connectivity index (χ3v) is 6.18. The van der Waals surface area contributed by atoms with E-state index < -0.39 is 5.97 Å². The van der Waals surface area contributed by atoms with Crippen LogP contribution in [0.15, 0.2) is 33.7 Å². The largest absolute Gasteiger partial charge is 0.462 e. The molecule has 1 atom stereocenters. The average Bonchev–Trinajstić information content (AvgIpc) is 2.69. The average molecular weight is 488 g/mol. The molecule has 0 bridgehead atoms. The van der Waals surface area contributed by atoms with Gasteiger partial charge in [-0.3, -0.25) is 4.79 Å². The van der Waals surface area contributed by atoms with Crippen LogP contribution in [0, 0.1) is 5.41 Å². The summed E-state index contributed by atoms with van der Waals surface area (Å²) in [6, 6.07) is 5.88. The highest BCUT2D eigenvalue weighted by Crippen LogP contribution is 2.33. The first-order valence-corrected chi connectivity index (χ1v) is 11.4. The molecule has 166 valence electrons. The van der Waals surface area contributed by atoms with Crippen LogP contribution in [0.25, 0.3) is 21.7 Å². The molecule has 2 aromatic heterocycles. The monoisotopic (exact) mass is 487 g/mol. The maximum absolute atomic E-state index is 13.1. The van der Waals surface area contributed by atoms with Gasteiger partial charge in [0.15, 0.2) is 0 Å². The van der Waals surface area contributed by atoms with Crippen LogP contribution in [0.1, 0.15) is 57.8 Å². The molecule has 0 aliphatic rings. The molecule has 7 heteroatoms. The van der Waals surface area contributed by atoms with E-state index in [-0.39, 0.29) is 17.0 Å². The molecule has 0 radical (unpaired) electrons. The van der Waals surface area contributed by atoms with Gasteiger partial charge in [0.1, 0.15) is 11.4 Å². The van der Waals surface area contributed by atoms with Gasteiger partial charge in [-0.2, -0.15) is 0 Å². The van der Waals surface area contributed by atoms with Gasteiger partial charge < -0.3 is 14.6 Å². The Bertz CT molecular complexity index is 1190. The van der Waals surface area contributed by atoms with Crippen molar-refractivity contribution in [2.24, 2.45) is 12.5 Å². The van der Waals surface area contributed by atoms with Crippen LogP contribution in [-0.4, -0.2) is 28.2 Å². The molecule has 0 saturated heterocycles. The molecular formula is C24H30BrN3O3. The van der Waals surface area contributed by atoms with Crippen molar-refractivity contribution in [3.8, 4) is 0 Å². The van der Waals surface area contributed by atoms with E-state index in [1.54, 1.807) is 7.05 Å². The number of esters is 1. The highest BCUT2D eigenvalue weighted by Gasteiger charge is 2.24. The van der Waals surface area contributed by atoms with E-state index in [1.807, 2.05) is 25.1 Å². The molecule has 3 aromatic rings. The summed E-state index contributed by atoms with van der Waals surface area (Å²) in [4.78, 5) is 30.8. The minimum Gasteiger partial charge on any atom is -0.462 e. The topological polar surface area (TPSA) is 73.2 Å². The van der Waals surface area contributed by atoms with Crippen molar-refractivity contribution >= 4 is 49.4 Å². The number of ether oxygens (including phenoxy) is 1. The Morgan fingerprint density at radius 2 is 2.00 bits per heavy atom. The molecule has 2 heterocycles. The van der Waals surface area contributed by atoms with E-state index in [1.165, 1.54) is 10.8 Å². The summed E-state index contributed by atoms with van der Waals surface area (Å²) in [7, 11) is 1.64. The van der Waals surface area contributed by atoms with E-state index in [0.29, 0.717) is 28.9 Å². The lowest BCUT2D eigenvalue weighted by Crippen LogP contribution is -2.31. The number of benzene rings is 1. The molecule has 1 aromatic carbocycles. The van der Waals surface area contributed by atoms with Gasteiger partial charge >= 0.3 is 5.97 Å². The fourth-order valence-corrected chi connectivity index (χ4v) is 3.62. The minimum atomic E-state index is -0.467. The van der Waals surface area contributed by atoms with Gasteiger partial charge in [0.05, 0.1) is 17.5 Å². The number of halogens is 1. The number of carbonyl (C=O) groups excluding carboxylic acids is 1. The summed E-state index contributed by atoms with van der Waals surface area (Å²) in [6.45, 7) is 10.9. The Kier molecular flexibility index (Phi) is 6.74. The molecule has 1 unspecified atom stereocenters. The van der Waals surface area contributed by atoms with E-state index in [2.05, 4.69) is 48.9 Å². The number of unbranched alkanes of at least 4 members (excludes halogenated alkanes) is 1. The zero-order valence-corrected chi connectivity index (χ0v) is 20.6. The van der Waals surface area contributed by atoms with Crippen LogP contribution in [0.3, 0.4) is 0 Å². The number of anilines is 1. The minimum absolute atomic E-state index is 0.00689. The van der Waals surface area contributed by atoms with Crippen LogP contribution in [0.4, 0.5) is 5.82 Å². The molecule has 0 spiro atoms. The van der Waals surface area contributed by atoms with Gasteiger partial charge in [0.25, 0.3) is 5.56 Å². The summed E-state index contributed by atoms with van der Waals surface area (Å²) >= 11 is 3.52. The number of fused-ring (bicyclic) bond motifs is 3. The molecular weight excluding hydrogens is 458 g/mol. The second-order valence-electron chi connectivity index (χ2n) is 9.05. The van der Waals surface area contributed by atoms with Crippen LogP contribution < -0.4 is 10.9 Å². The second-order valence-corrected chi connectivity index (χ2v) is 9.97. The van der Waals surface area contributed by atoms with Gasteiger partial charge in [-0.25, -0.2) is 9.78 Å². The number of carbonyl (C=O) groups is 1. The number of rotatable bonds is 6. The molecule has 0 fully saturated rings. The predicted octanol–water partition coefficient (Wildman–Crippen LogP) is 5.65. The van der Waals surface area contributed by atoms with Crippen molar-refractivity contribution in [3.63, 3.8) is 0 Å². The Morgan fingerprint density at radius 1 is 1.29 bits per heavy atom. The smallest absolute Gasteiger partial charge is 0.341 e. The lowest BCUT2D eigenvalue weighted by atomic mass is 9.88.